The van der Waals surface area contributed by atoms with Crippen LogP contribution < -0.4 is 5.32 Å². The van der Waals surface area contributed by atoms with E-state index < -0.39 is 9.84 Å². The summed E-state index contributed by atoms with van der Waals surface area (Å²) in [6.07, 6.45) is 2.58. The Labute approximate surface area is 126 Å². The Balaban J connectivity index is 2.55. The summed E-state index contributed by atoms with van der Waals surface area (Å²) in [4.78, 5) is 0. The maximum absolute atomic E-state index is 12.9. The van der Waals surface area contributed by atoms with Gasteiger partial charge in [0, 0.05) is 19.9 Å². The Morgan fingerprint density at radius 1 is 1.29 bits per heavy atom. The summed E-state index contributed by atoms with van der Waals surface area (Å²) in [5, 5.41) is 3.26. The van der Waals surface area contributed by atoms with E-state index in [1.165, 1.54) is 18.4 Å². The first kappa shape index (κ1) is 18.1. The molecule has 1 aromatic carbocycles. The van der Waals surface area contributed by atoms with E-state index in [9.17, 15) is 12.8 Å². The Kier molecular flexibility index (Phi) is 7.85. The molecule has 0 fully saturated rings. The van der Waals surface area contributed by atoms with E-state index in [2.05, 4.69) is 5.32 Å². The Hall–Kier alpha value is -0.980. The predicted molar refractivity (Wildman–Crippen MR) is 82.7 cm³/mol. The second-order valence-corrected chi connectivity index (χ2v) is 7.57. The summed E-state index contributed by atoms with van der Waals surface area (Å²) >= 11 is 0. The number of halogens is 1. The van der Waals surface area contributed by atoms with Gasteiger partial charge in [-0.3, -0.25) is 0 Å². The molecule has 0 aliphatic rings. The SMILES string of the molecule is COCCNCC(CCS(C)(=O)=O)Cc1ccc(F)cc1. The van der Waals surface area contributed by atoms with E-state index in [1.807, 2.05) is 0 Å². The van der Waals surface area contributed by atoms with Gasteiger partial charge in [0.05, 0.1) is 12.4 Å². The second kappa shape index (κ2) is 9.12. The first-order valence-corrected chi connectivity index (χ1v) is 9.08. The molecule has 0 saturated carbocycles. The van der Waals surface area contributed by atoms with E-state index in [-0.39, 0.29) is 17.5 Å². The average molecular weight is 317 g/mol. The molecule has 1 atom stereocenters. The van der Waals surface area contributed by atoms with Crippen molar-refractivity contribution in [3.63, 3.8) is 0 Å². The fourth-order valence-corrected chi connectivity index (χ4v) is 2.85. The van der Waals surface area contributed by atoms with Crippen LogP contribution in [0, 0.1) is 11.7 Å². The normalized spacial score (nSPS) is 13.3. The molecule has 0 aliphatic heterocycles. The molecule has 0 spiro atoms. The minimum atomic E-state index is -2.97. The zero-order valence-electron chi connectivity index (χ0n) is 12.6. The van der Waals surface area contributed by atoms with Gasteiger partial charge >= 0.3 is 0 Å². The van der Waals surface area contributed by atoms with Crippen molar-refractivity contribution in [3.05, 3.63) is 35.6 Å². The Morgan fingerprint density at radius 2 is 1.95 bits per heavy atom. The standard InChI is InChI=1S/C15H24FNO3S/c1-20-9-8-17-12-14(7-10-21(2,18)19)11-13-3-5-15(16)6-4-13/h3-6,14,17H,7-12H2,1-2H3. The fraction of sp³-hybridized carbons (Fsp3) is 0.600. The maximum Gasteiger partial charge on any atom is 0.147 e. The van der Waals surface area contributed by atoms with Gasteiger partial charge < -0.3 is 10.1 Å². The average Bonchev–Trinajstić information content (AvgIpc) is 2.42. The third kappa shape index (κ3) is 8.80. The van der Waals surface area contributed by atoms with Gasteiger partial charge in [-0.25, -0.2) is 12.8 Å². The number of rotatable bonds is 10. The zero-order chi connectivity index (χ0) is 15.7. The summed E-state index contributed by atoms with van der Waals surface area (Å²) < 4.78 is 40.5. The summed E-state index contributed by atoms with van der Waals surface area (Å²) in [5.41, 5.74) is 1.02. The van der Waals surface area contributed by atoms with E-state index in [0.29, 0.717) is 13.0 Å². The molecule has 0 saturated heterocycles. The predicted octanol–water partition coefficient (Wildman–Crippen LogP) is 1.66. The van der Waals surface area contributed by atoms with Crippen LogP contribution in [0.3, 0.4) is 0 Å². The van der Waals surface area contributed by atoms with Gasteiger partial charge in [-0.2, -0.15) is 0 Å². The summed E-state index contributed by atoms with van der Waals surface area (Å²) in [7, 11) is -1.33. The Morgan fingerprint density at radius 3 is 2.52 bits per heavy atom. The first-order valence-electron chi connectivity index (χ1n) is 7.02. The molecule has 1 N–H and O–H groups in total. The number of hydrogen-bond donors (Lipinski definition) is 1. The molecule has 1 unspecified atom stereocenters. The number of sulfone groups is 1. The third-order valence-electron chi connectivity index (χ3n) is 3.25. The quantitative estimate of drug-likeness (QED) is 0.667. The van der Waals surface area contributed by atoms with E-state index >= 15 is 0 Å². The highest BCUT2D eigenvalue weighted by atomic mass is 32.2. The van der Waals surface area contributed by atoms with Gasteiger partial charge in [-0.15, -0.1) is 0 Å². The van der Waals surface area contributed by atoms with E-state index in [0.717, 1.165) is 25.1 Å². The van der Waals surface area contributed by atoms with Crippen LogP contribution in [0.4, 0.5) is 4.39 Å². The molecule has 21 heavy (non-hydrogen) atoms. The van der Waals surface area contributed by atoms with Crippen LogP contribution in [0.2, 0.25) is 0 Å². The Bertz CT molecular complexity index is 502. The van der Waals surface area contributed by atoms with Gasteiger partial charge in [0.25, 0.3) is 0 Å². The van der Waals surface area contributed by atoms with Crippen molar-refractivity contribution >= 4 is 9.84 Å². The first-order chi connectivity index (χ1) is 9.90. The number of methoxy groups -OCH3 is 1. The number of nitrogens with one attached hydrogen (secondary N) is 1. The van der Waals surface area contributed by atoms with Crippen LogP contribution in [0.1, 0.15) is 12.0 Å². The van der Waals surface area contributed by atoms with Crippen molar-refractivity contribution in [2.24, 2.45) is 5.92 Å². The van der Waals surface area contributed by atoms with Gasteiger partial charge in [0.15, 0.2) is 0 Å². The van der Waals surface area contributed by atoms with Crippen LogP contribution in [-0.2, 0) is 21.0 Å². The lowest BCUT2D eigenvalue weighted by Crippen LogP contribution is -2.28. The molecule has 1 aromatic rings. The molecule has 0 heterocycles. The molecule has 0 bridgehead atoms. The van der Waals surface area contributed by atoms with Gasteiger partial charge in [-0.1, -0.05) is 12.1 Å². The van der Waals surface area contributed by atoms with Crippen LogP contribution in [0.25, 0.3) is 0 Å². The van der Waals surface area contributed by atoms with Crippen LogP contribution in [0.5, 0.6) is 0 Å². The van der Waals surface area contributed by atoms with Gasteiger partial charge in [-0.05, 0) is 43.0 Å². The van der Waals surface area contributed by atoms with E-state index in [4.69, 9.17) is 4.74 Å². The summed E-state index contributed by atoms with van der Waals surface area (Å²) in [6.45, 7) is 2.07. The van der Waals surface area contributed by atoms with Gasteiger partial charge in [0.2, 0.25) is 0 Å². The highest BCUT2D eigenvalue weighted by Crippen LogP contribution is 2.13. The minimum Gasteiger partial charge on any atom is -0.383 e. The smallest absolute Gasteiger partial charge is 0.147 e. The molecule has 1 rings (SSSR count). The molecule has 4 nitrogen and oxygen atoms in total. The topological polar surface area (TPSA) is 55.4 Å². The van der Waals surface area contributed by atoms with Crippen LogP contribution in [0.15, 0.2) is 24.3 Å². The molecule has 0 aliphatic carbocycles. The van der Waals surface area contributed by atoms with Crippen LogP contribution >= 0.6 is 0 Å². The van der Waals surface area contributed by atoms with E-state index in [1.54, 1.807) is 19.2 Å². The maximum atomic E-state index is 12.9. The lowest BCUT2D eigenvalue weighted by atomic mass is 9.97. The largest absolute Gasteiger partial charge is 0.383 e. The van der Waals surface area contributed by atoms with Crippen molar-refractivity contribution in [2.45, 2.75) is 12.8 Å². The lowest BCUT2D eigenvalue weighted by Gasteiger charge is -2.17. The minimum absolute atomic E-state index is 0.171. The molecule has 0 aromatic heterocycles. The molecule has 0 amide bonds. The van der Waals surface area contributed by atoms with Gasteiger partial charge in [0.1, 0.15) is 15.7 Å². The number of ether oxygens (including phenoxy) is 1. The second-order valence-electron chi connectivity index (χ2n) is 5.31. The number of hydrogen-bond acceptors (Lipinski definition) is 4. The third-order valence-corrected chi connectivity index (χ3v) is 4.23. The van der Waals surface area contributed by atoms with Crippen molar-refractivity contribution in [1.29, 1.82) is 0 Å². The summed E-state index contributed by atoms with van der Waals surface area (Å²) in [5.74, 6) is 0.108. The zero-order valence-corrected chi connectivity index (χ0v) is 13.5. The lowest BCUT2D eigenvalue weighted by molar-refractivity contribution is 0.197. The molecule has 6 heteroatoms. The fourth-order valence-electron chi connectivity index (χ4n) is 2.09. The monoisotopic (exact) mass is 317 g/mol. The highest BCUT2D eigenvalue weighted by molar-refractivity contribution is 7.90. The van der Waals surface area contributed by atoms with Crippen molar-refractivity contribution in [2.75, 3.05) is 38.8 Å². The molecular formula is C15H24FNO3S. The molecular weight excluding hydrogens is 293 g/mol. The number of benzene rings is 1. The molecule has 0 radical (unpaired) electrons. The van der Waals surface area contributed by atoms with Crippen molar-refractivity contribution < 1.29 is 17.5 Å². The van der Waals surface area contributed by atoms with Crippen molar-refractivity contribution in [3.8, 4) is 0 Å². The van der Waals surface area contributed by atoms with Crippen molar-refractivity contribution in [1.82, 2.24) is 5.32 Å². The van der Waals surface area contributed by atoms with Crippen LogP contribution in [-0.4, -0.2) is 47.2 Å². The highest BCUT2D eigenvalue weighted by Gasteiger charge is 2.13. The molecule has 120 valence electrons. The summed E-state index contributed by atoms with van der Waals surface area (Å²) in [6, 6.07) is 6.36.